The third kappa shape index (κ3) is 3.34. The summed E-state index contributed by atoms with van der Waals surface area (Å²) in [4.78, 5) is 40.4. The van der Waals surface area contributed by atoms with E-state index < -0.39 is 5.91 Å². The minimum absolute atomic E-state index is 0.0493. The summed E-state index contributed by atoms with van der Waals surface area (Å²) in [5, 5.41) is 3.30. The number of carbonyl (C=O) groups is 3. The Hall–Kier alpha value is -2.08. The Bertz CT molecular complexity index is 1080. The van der Waals surface area contributed by atoms with Crippen LogP contribution in [0.25, 0.3) is 0 Å². The lowest BCUT2D eigenvalue weighted by molar-refractivity contribution is -0.156. The molecule has 2 saturated carbocycles. The number of hydrogen-bond acceptors (Lipinski definition) is 3. The Labute approximate surface area is 194 Å². The number of amides is 3. The maximum atomic E-state index is 13.6. The van der Waals surface area contributed by atoms with E-state index >= 15 is 0 Å². The zero-order valence-electron chi connectivity index (χ0n) is 16.4. The number of fused-ring (bicyclic) bond motifs is 5. The van der Waals surface area contributed by atoms with Crippen molar-refractivity contribution in [2.75, 3.05) is 0 Å². The third-order valence-electron chi connectivity index (χ3n) is 6.82. The fourth-order valence-corrected chi connectivity index (χ4v) is 6.13. The molecule has 1 aliphatic heterocycles. The van der Waals surface area contributed by atoms with E-state index in [0.29, 0.717) is 15.6 Å². The van der Waals surface area contributed by atoms with Gasteiger partial charge < -0.3 is 0 Å². The number of hydrogen-bond donors (Lipinski definition) is 0. The van der Waals surface area contributed by atoms with E-state index in [2.05, 4.69) is 0 Å². The van der Waals surface area contributed by atoms with Crippen LogP contribution in [-0.4, -0.2) is 27.7 Å². The monoisotopic (exact) mass is 476 g/mol. The first-order chi connectivity index (χ1) is 14.9. The van der Waals surface area contributed by atoms with Gasteiger partial charge in [0, 0.05) is 10.0 Å². The van der Waals surface area contributed by atoms with E-state index in [9.17, 15) is 14.4 Å². The molecule has 5 nitrogen and oxygen atoms in total. The van der Waals surface area contributed by atoms with Crippen LogP contribution in [0.15, 0.2) is 42.5 Å². The van der Waals surface area contributed by atoms with Gasteiger partial charge in [-0.3, -0.25) is 14.4 Å². The van der Waals surface area contributed by atoms with Crippen LogP contribution in [0.4, 0.5) is 0 Å². The molecule has 160 valence electrons. The van der Waals surface area contributed by atoms with Crippen molar-refractivity contribution >= 4 is 52.5 Å². The molecule has 3 fully saturated rings. The molecule has 1 saturated heterocycles. The predicted octanol–water partition coefficient (Wildman–Crippen LogP) is 5.24. The van der Waals surface area contributed by atoms with Crippen molar-refractivity contribution in [2.45, 2.75) is 25.8 Å². The van der Waals surface area contributed by atoms with E-state index in [0.717, 1.165) is 24.3 Å². The van der Waals surface area contributed by atoms with Crippen molar-refractivity contribution in [1.29, 1.82) is 0 Å². The first-order valence-electron chi connectivity index (χ1n) is 10.2. The highest BCUT2D eigenvalue weighted by Gasteiger charge is 2.62. The maximum Gasteiger partial charge on any atom is 0.274 e. The van der Waals surface area contributed by atoms with Crippen LogP contribution in [-0.2, 0) is 16.1 Å². The lowest BCUT2D eigenvalue weighted by Gasteiger charge is -2.32. The van der Waals surface area contributed by atoms with E-state index in [1.54, 1.807) is 42.5 Å². The van der Waals surface area contributed by atoms with Gasteiger partial charge in [0.25, 0.3) is 17.7 Å². The van der Waals surface area contributed by atoms with Gasteiger partial charge in [-0.25, -0.2) is 5.01 Å². The topological polar surface area (TPSA) is 57.7 Å². The Kier molecular flexibility index (Phi) is 5.24. The average Bonchev–Trinajstić information content (AvgIpc) is 3.42. The molecule has 0 aromatic heterocycles. The Morgan fingerprint density at radius 1 is 0.935 bits per heavy atom. The highest BCUT2D eigenvalue weighted by molar-refractivity contribution is 6.35. The summed E-state index contributed by atoms with van der Waals surface area (Å²) in [6.07, 6.45) is 2.84. The zero-order chi connectivity index (χ0) is 21.9. The molecule has 31 heavy (non-hydrogen) atoms. The summed E-state index contributed by atoms with van der Waals surface area (Å²) in [7, 11) is 0. The normalized spacial score (nSPS) is 26.5. The van der Waals surface area contributed by atoms with Crippen molar-refractivity contribution in [3.8, 4) is 0 Å². The number of rotatable bonds is 4. The number of benzene rings is 2. The molecule has 0 radical (unpaired) electrons. The van der Waals surface area contributed by atoms with Gasteiger partial charge >= 0.3 is 0 Å². The summed E-state index contributed by atoms with van der Waals surface area (Å²) < 4.78 is 0. The number of carbonyl (C=O) groups excluding carboxylic acids is 3. The van der Waals surface area contributed by atoms with Crippen molar-refractivity contribution in [3.05, 3.63) is 68.7 Å². The smallest absolute Gasteiger partial charge is 0.272 e. The highest BCUT2D eigenvalue weighted by Crippen LogP contribution is 2.56. The lowest BCUT2D eigenvalue weighted by atomic mass is 9.81. The van der Waals surface area contributed by atoms with Crippen LogP contribution < -0.4 is 0 Å². The molecule has 4 atom stereocenters. The fourth-order valence-electron chi connectivity index (χ4n) is 5.45. The van der Waals surface area contributed by atoms with Crippen LogP contribution in [0, 0.1) is 23.7 Å². The second-order valence-corrected chi connectivity index (χ2v) is 9.70. The van der Waals surface area contributed by atoms with Gasteiger partial charge in [0.2, 0.25) is 0 Å². The number of nitrogens with zero attached hydrogens (tertiary/aromatic N) is 2. The third-order valence-corrected chi connectivity index (χ3v) is 7.74. The van der Waals surface area contributed by atoms with Crippen LogP contribution >= 0.6 is 34.8 Å². The quantitative estimate of drug-likeness (QED) is 0.566. The minimum Gasteiger partial charge on any atom is -0.272 e. The summed E-state index contributed by atoms with van der Waals surface area (Å²) in [6, 6.07) is 11.5. The van der Waals surface area contributed by atoms with Crippen LogP contribution in [0.1, 0.15) is 35.2 Å². The molecular weight excluding hydrogens is 459 g/mol. The molecular formula is C23H19Cl3N2O3. The highest BCUT2D eigenvalue weighted by atomic mass is 35.5. The summed E-state index contributed by atoms with van der Waals surface area (Å²) in [6.45, 7) is -0.0493. The standard InChI is InChI=1S/C23H19Cl3N2O3/c24-15-8-7-14(18(26)10-15)11-27(21(29)16-3-1-2-4-17(16)25)28-22(30)19-12-5-6-13(9-12)20(19)23(28)31/h1-4,7-8,10,12-13,19-20H,5-6,9,11H2/t12-,13-,19-,20-/m0/s1. The molecule has 8 heteroatoms. The van der Waals surface area contributed by atoms with Gasteiger partial charge in [0.1, 0.15) is 0 Å². The van der Waals surface area contributed by atoms with E-state index in [1.165, 1.54) is 5.01 Å². The lowest BCUT2D eigenvalue weighted by Crippen LogP contribution is -2.50. The molecule has 3 amide bonds. The Morgan fingerprint density at radius 2 is 1.58 bits per heavy atom. The molecule has 0 N–H and O–H groups in total. The van der Waals surface area contributed by atoms with Crippen LogP contribution in [0.3, 0.4) is 0 Å². The number of hydrazine groups is 1. The second kappa shape index (κ2) is 7.80. The van der Waals surface area contributed by atoms with Crippen LogP contribution in [0.2, 0.25) is 15.1 Å². The first kappa shape index (κ1) is 20.8. The van der Waals surface area contributed by atoms with Gasteiger partial charge in [-0.2, -0.15) is 5.01 Å². The number of imide groups is 1. The Morgan fingerprint density at radius 3 is 2.19 bits per heavy atom. The fraction of sp³-hybridized carbons (Fsp3) is 0.348. The molecule has 1 heterocycles. The SMILES string of the molecule is O=C(c1ccccc1Cl)N(Cc1ccc(Cl)cc1Cl)N1C(=O)[C@H]2[C@H]3CC[C@@H](C3)[C@@H]2C1=O. The van der Waals surface area contributed by atoms with Crippen LogP contribution in [0.5, 0.6) is 0 Å². The van der Waals surface area contributed by atoms with Gasteiger partial charge in [0.15, 0.2) is 0 Å². The molecule has 3 aliphatic rings. The van der Waals surface area contributed by atoms with Crippen molar-refractivity contribution in [2.24, 2.45) is 23.7 Å². The average molecular weight is 478 g/mol. The maximum absolute atomic E-state index is 13.6. The summed E-state index contributed by atoms with van der Waals surface area (Å²) >= 11 is 18.6. The predicted molar refractivity (Wildman–Crippen MR) is 117 cm³/mol. The molecule has 2 aromatic carbocycles. The van der Waals surface area contributed by atoms with E-state index in [1.807, 2.05) is 0 Å². The van der Waals surface area contributed by atoms with Crippen molar-refractivity contribution in [1.82, 2.24) is 10.0 Å². The van der Waals surface area contributed by atoms with E-state index in [-0.39, 0.29) is 52.6 Å². The van der Waals surface area contributed by atoms with Gasteiger partial charge in [-0.15, -0.1) is 0 Å². The van der Waals surface area contributed by atoms with Gasteiger partial charge in [0.05, 0.1) is 29.0 Å². The van der Waals surface area contributed by atoms with Crippen molar-refractivity contribution < 1.29 is 14.4 Å². The second-order valence-electron chi connectivity index (χ2n) is 8.45. The molecule has 2 bridgehead atoms. The minimum atomic E-state index is -0.523. The van der Waals surface area contributed by atoms with Crippen molar-refractivity contribution in [3.63, 3.8) is 0 Å². The molecule has 0 spiro atoms. The zero-order valence-corrected chi connectivity index (χ0v) is 18.7. The molecule has 2 aliphatic carbocycles. The first-order valence-corrected chi connectivity index (χ1v) is 11.4. The van der Waals surface area contributed by atoms with E-state index in [4.69, 9.17) is 34.8 Å². The summed E-state index contributed by atoms with van der Waals surface area (Å²) in [5.41, 5.74) is 0.794. The summed E-state index contributed by atoms with van der Waals surface area (Å²) in [5.74, 6) is -1.37. The molecule has 0 unspecified atom stereocenters. The largest absolute Gasteiger partial charge is 0.274 e. The van der Waals surface area contributed by atoms with Gasteiger partial charge in [-0.1, -0.05) is 53.0 Å². The van der Waals surface area contributed by atoms with Gasteiger partial charge in [-0.05, 0) is 60.9 Å². The number of halogens is 3. The molecule has 5 rings (SSSR count). The molecule has 2 aromatic rings. The Balaban J connectivity index is 1.55.